The van der Waals surface area contributed by atoms with Crippen molar-refractivity contribution in [3.8, 4) is 0 Å². The summed E-state index contributed by atoms with van der Waals surface area (Å²) in [5, 5.41) is 17.2. The highest BCUT2D eigenvalue weighted by atomic mass is 35.5. The molecular weight excluding hydrogens is 505 g/mol. The first-order valence-electron chi connectivity index (χ1n) is 13.0. The lowest BCUT2D eigenvalue weighted by molar-refractivity contribution is -0.122. The van der Waals surface area contributed by atoms with Crippen LogP contribution in [0.1, 0.15) is 42.0 Å². The number of anilines is 1. The van der Waals surface area contributed by atoms with Crippen LogP contribution in [0.15, 0.2) is 72.8 Å². The number of aliphatic hydroxyl groups is 1. The van der Waals surface area contributed by atoms with Crippen LogP contribution in [0.3, 0.4) is 0 Å². The van der Waals surface area contributed by atoms with Gasteiger partial charge in [-0.25, -0.2) is 9.18 Å². The molecule has 1 saturated heterocycles. The van der Waals surface area contributed by atoms with E-state index in [9.17, 15) is 19.1 Å². The fourth-order valence-electron chi connectivity index (χ4n) is 4.97. The number of benzene rings is 3. The van der Waals surface area contributed by atoms with Gasteiger partial charge in [-0.05, 0) is 72.3 Å². The standard InChI is InChI=1S/C30H31ClFN3O3/c31-23-9-11-24(12-10-23)34-30(38)35-18-25(36)16-27(35)28(37)15-22-14-21(8-13-26(22)32)29(33-17-19-6-7-19)20-4-2-1-3-5-20/h1-5,8-14,19,25,27,29,33,36H,6-7,15-18H2,(H,34,38)/t25-,27-,29?/m1/s1. The van der Waals surface area contributed by atoms with Gasteiger partial charge in [0.1, 0.15) is 5.82 Å². The highest BCUT2D eigenvalue weighted by molar-refractivity contribution is 6.30. The average Bonchev–Trinajstić information content (AvgIpc) is 3.66. The third kappa shape index (κ3) is 6.41. The number of nitrogens with zero attached hydrogens (tertiary/aromatic N) is 1. The molecule has 6 nitrogen and oxygen atoms in total. The number of ketones is 1. The Morgan fingerprint density at radius 1 is 1.03 bits per heavy atom. The van der Waals surface area contributed by atoms with Crippen molar-refractivity contribution >= 4 is 29.1 Å². The maximum Gasteiger partial charge on any atom is 0.322 e. The van der Waals surface area contributed by atoms with E-state index in [0.717, 1.165) is 17.7 Å². The SMILES string of the molecule is O=C(Cc1cc(C(NCC2CC2)c2ccccc2)ccc1F)[C@H]1C[C@@H](O)CN1C(=O)Nc1ccc(Cl)cc1. The van der Waals surface area contributed by atoms with Gasteiger partial charge < -0.3 is 20.6 Å². The highest BCUT2D eigenvalue weighted by Gasteiger charge is 2.39. The third-order valence-electron chi connectivity index (χ3n) is 7.22. The van der Waals surface area contributed by atoms with E-state index >= 15 is 0 Å². The fraction of sp³-hybridized carbons (Fsp3) is 0.333. The molecule has 0 bridgehead atoms. The third-order valence-corrected chi connectivity index (χ3v) is 7.47. The van der Waals surface area contributed by atoms with Crippen LogP contribution < -0.4 is 10.6 Å². The van der Waals surface area contributed by atoms with Crippen molar-refractivity contribution in [3.63, 3.8) is 0 Å². The molecule has 1 heterocycles. The van der Waals surface area contributed by atoms with Crippen LogP contribution in [0.4, 0.5) is 14.9 Å². The van der Waals surface area contributed by atoms with E-state index in [4.69, 9.17) is 11.6 Å². The van der Waals surface area contributed by atoms with Crippen molar-refractivity contribution in [2.45, 2.75) is 43.9 Å². The summed E-state index contributed by atoms with van der Waals surface area (Å²) < 4.78 is 14.9. The van der Waals surface area contributed by atoms with Gasteiger partial charge in [-0.2, -0.15) is 0 Å². The smallest absolute Gasteiger partial charge is 0.322 e. The Kier molecular flexibility index (Phi) is 8.07. The number of carbonyl (C=O) groups excluding carboxylic acids is 2. The van der Waals surface area contributed by atoms with Crippen LogP contribution in [0.5, 0.6) is 0 Å². The second kappa shape index (κ2) is 11.6. The number of rotatable bonds is 9. The monoisotopic (exact) mass is 535 g/mol. The van der Waals surface area contributed by atoms with Crippen LogP contribution in [-0.2, 0) is 11.2 Å². The Bertz CT molecular complexity index is 1280. The number of urea groups is 1. The normalized spacial score (nSPS) is 19.8. The van der Waals surface area contributed by atoms with Gasteiger partial charge in [0, 0.05) is 30.1 Å². The van der Waals surface area contributed by atoms with Gasteiger partial charge in [0.05, 0.1) is 18.2 Å². The van der Waals surface area contributed by atoms with Crippen LogP contribution in [-0.4, -0.2) is 47.1 Å². The molecule has 3 aromatic rings. The Morgan fingerprint density at radius 2 is 1.76 bits per heavy atom. The summed E-state index contributed by atoms with van der Waals surface area (Å²) >= 11 is 5.91. The summed E-state index contributed by atoms with van der Waals surface area (Å²) in [6.45, 7) is 0.905. The van der Waals surface area contributed by atoms with Crippen LogP contribution in [0.2, 0.25) is 5.02 Å². The summed E-state index contributed by atoms with van der Waals surface area (Å²) in [6.07, 6.45) is 1.54. The van der Waals surface area contributed by atoms with Crippen molar-refractivity contribution < 1.29 is 19.1 Å². The minimum atomic E-state index is -0.849. The molecule has 38 heavy (non-hydrogen) atoms. The molecule has 1 unspecified atom stereocenters. The van der Waals surface area contributed by atoms with Crippen molar-refractivity contribution in [2.24, 2.45) is 5.92 Å². The quantitative estimate of drug-likeness (QED) is 0.345. The number of Topliss-reactive ketones (excluding diaryl/α,β-unsaturated/α-hetero) is 1. The van der Waals surface area contributed by atoms with E-state index in [1.807, 2.05) is 30.3 Å². The number of hydrogen-bond acceptors (Lipinski definition) is 4. The van der Waals surface area contributed by atoms with Gasteiger partial charge in [-0.1, -0.05) is 54.1 Å². The van der Waals surface area contributed by atoms with Gasteiger partial charge >= 0.3 is 6.03 Å². The number of β-amino-alcohol motifs (C(OH)–C–C–N with tert-alkyl or cyclic N) is 1. The first-order chi connectivity index (χ1) is 18.4. The van der Waals surface area contributed by atoms with Gasteiger partial charge in [0.2, 0.25) is 0 Å². The van der Waals surface area contributed by atoms with E-state index in [1.165, 1.54) is 23.8 Å². The van der Waals surface area contributed by atoms with E-state index in [2.05, 4.69) is 10.6 Å². The fourth-order valence-corrected chi connectivity index (χ4v) is 5.09. The summed E-state index contributed by atoms with van der Waals surface area (Å²) in [7, 11) is 0. The minimum absolute atomic E-state index is 0.0273. The lowest BCUT2D eigenvalue weighted by Crippen LogP contribution is -2.43. The van der Waals surface area contributed by atoms with Crippen molar-refractivity contribution in [3.05, 3.63) is 100 Å². The number of likely N-dealkylation sites (tertiary alicyclic amines) is 1. The lowest BCUT2D eigenvalue weighted by atomic mass is 9.94. The van der Waals surface area contributed by atoms with E-state index < -0.39 is 24.0 Å². The molecule has 0 aromatic heterocycles. The average molecular weight is 536 g/mol. The Labute approximate surface area is 226 Å². The van der Waals surface area contributed by atoms with E-state index in [0.29, 0.717) is 16.6 Å². The molecule has 198 valence electrons. The molecule has 5 rings (SSSR count). The van der Waals surface area contributed by atoms with Crippen molar-refractivity contribution in [1.82, 2.24) is 10.2 Å². The van der Waals surface area contributed by atoms with Crippen LogP contribution in [0.25, 0.3) is 0 Å². The molecule has 0 radical (unpaired) electrons. The van der Waals surface area contributed by atoms with Gasteiger partial charge in [0.25, 0.3) is 0 Å². The van der Waals surface area contributed by atoms with Crippen molar-refractivity contribution in [1.29, 1.82) is 0 Å². The summed E-state index contributed by atoms with van der Waals surface area (Å²) in [5.74, 6) is -0.112. The predicted octanol–water partition coefficient (Wildman–Crippen LogP) is 5.35. The number of nitrogens with one attached hydrogen (secondary N) is 2. The van der Waals surface area contributed by atoms with Crippen molar-refractivity contribution in [2.75, 3.05) is 18.4 Å². The summed E-state index contributed by atoms with van der Waals surface area (Å²) in [4.78, 5) is 27.6. The second-order valence-corrected chi connectivity index (χ2v) is 10.6. The van der Waals surface area contributed by atoms with Gasteiger partial charge in [-0.15, -0.1) is 0 Å². The van der Waals surface area contributed by atoms with E-state index in [1.54, 1.807) is 36.4 Å². The number of carbonyl (C=O) groups is 2. The molecule has 2 aliphatic rings. The zero-order valence-corrected chi connectivity index (χ0v) is 21.7. The molecule has 3 atom stereocenters. The largest absolute Gasteiger partial charge is 0.391 e. The number of aliphatic hydroxyl groups excluding tert-OH is 1. The van der Waals surface area contributed by atoms with Gasteiger partial charge in [-0.3, -0.25) is 4.79 Å². The predicted molar refractivity (Wildman–Crippen MR) is 146 cm³/mol. The first kappa shape index (κ1) is 26.4. The minimum Gasteiger partial charge on any atom is -0.391 e. The van der Waals surface area contributed by atoms with Crippen LogP contribution in [0, 0.1) is 11.7 Å². The molecule has 1 aliphatic heterocycles. The topological polar surface area (TPSA) is 81.7 Å². The van der Waals surface area contributed by atoms with E-state index in [-0.39, 0.29) is 36.8 Å². The van der Waals surface area contributed by atoms with Crippen LogP contribution >= 0.6 is 11.6 Å². The molecule has 8 heteroatoms. The molecule has 1 saturated carbocycles. The molecule has 1 aliphatic carbocycles. The molecule has 2 amide bonds. The molecule has 2 fully saturated rings. The number of amides is 2. The Morgan fingerprint density at radius 3 is 2.47 bits per heavy atom. The maximum absolute atomic E-state index is 14.9. The maximum atomic E-state index is 14.9. The van der Waals surface area contributed by atoms with Gasteiger partial charge in [0.15, 0.2) is 5.78 Å². The Hall–Kier alpha value is -3.26. The first-order valence-corrected chi connectivity index (χ1v) is 13.4. The second-order valence-electron chi connectivity index (χ2n) is 10.2. The lowest BCUT2D eigenvalue weighted by Gasteiger charge is -2.24. The summed E-state index contributed by atoms with van der Waals surface area (Å²) in [5.41, 5.74) is 2.75. The molecule has 0 spiro atoms. The number of halogens is 2. The highest BCUT2D eigenvalue weighted by Crippen LogP contribution is 2.31. The Balaban J connectivity index is 1.32. The molecule has 3 N–H and O–H groups in total. The zero-order chi connectivity index (χ0) is 26.6. The zero-order valence-electron chi connectivity index (χ0n) is 20.9. The molecular formula is C30H31ClFN3O3. The number of hydrogen-bond donors (Lipinski definition) is 3. The summed E-state index contributed by atoms with van der Waals surface area (Å²) in [6, 6.07) is 20.0. The molecule has 3 aromatic carbocycles.